The van der Waals surface area contributed by atoms with Crippen LogP contribution in [0.3, 0.4) is 0 Å². The summed E-state index contributed by atoms with van der Waals surface area (Å²) in [6.07, 6.45) is 4.98. The molecule has 190 valence electrons. The second kappa shape index (κ2) is 11.9. The molecule has 0 spiro atoms. The van der Waals surface area contributed by atoms with Crippen LogP contribution in [0.5, 0.6) is 0 Å². The number of aromatic nitrogens is 1. The van der Waals surface area contributed by atoms with Crippen LogP contribution in [0.2, 0.25) is 5.02 Å². The van der Waals surface area contributed by atoms with Gasteiger partial charge in [0.05, 0.1) is 5.02 Å². The number of halogens is 3. The lowest BCUT2D eigenvalue weighted by Gasteiger charge is -2.47. The van der Waals surface area contributed by atoms with Gasteiger partial charge in [-0.15, -0.1) is 0 Å². The molecule has 2 amide bonds. The van der Waals surface area contributed by atoms with Crippen molar-refractivity contribution in [2.75, 3.05) is 37.6 Å². The van der Waals surface area contributed by atoms with Gasteiger partial charge in [0.15, 0.2) is 0 Å². The molecule has 1 aromatic carbocycles. The Hall–Kier alpha value is -1.94. The standard InChI is InChI=1S/C25H33BrClFN6O/c1-2-20-16-33(24-22(27)11-17(13-30-24)14-31-25(29)35)9-10-34(20)21-5-7-32(8-6-21)15-18-3-4-19(26)12-23(18)28/h3-4,11-13,20-21H,2,5-10,14-16H2,1H3,(H3,29,31,35)/t20-/m0/s1. The maximum atomic E-state index is 14.3. The van der Waals surface area contributed by atoms with Gasteiger partial charge in [0, 0.05) is 61.0 Å². The molecule has 2 fully saturated rings. The Balaban J connectivity index is 1.32. The van der Waals surface area contributed by atoms with Gasteiger partial charge < -0.3 is 16.0 Å². The van der Waals surface area contributed by atoms with E-state index in [9.17, 15) is 9.18 Å². The van der Waals surface area contributed by atoms with E-state index >= 15 is 0 Å². The third kappa shape index (κ3) is 6.64. The monoisotopic (exact) mass is 566 g/mol. The second-order valence-corrected chi connectivity index (χ2v) is 10.7. The molecule has 2 aliphatic rings. The fraction of sp³-hybridized carbons (Fsp3) is 0.520. The van der Waals surface area contributed by atoms with Crippen LogP contribution in [0.25, 0.3) is 0 Å². The quantitative estimate of drug-likeness (QED) is 0.520. The Bertz CT molecular complexity index is 1040. The first-order valence-electron chi connectivity index (χ1n) is 12.2. The second-order valence-electron chi connectivity index (χ2n) is 9.36. The van der Waals surface area contributed by atoms with Crippen molar-refractivity contribution in [3.8, 4) is 0 Å². The topological polar surface area (TPSA) is 77.7 Å². The third-order valence-corrected chi connectivity index (χ3v) is 7.85. The minimum atomic E-state index is -0.571. The molecule has 0 bridgehead atoms. The summed E-state index contributed by atoms with van der Waals surface area (Å²) in [7, 11) is 0. The molecular formula is C25H33BrClFN6O. The van der Waals surface area contributed by atoms with Crippen LogP contribution in [-0.4, -0.2) is 65.6 Å². The molecule has 1 aromatic heterocycles. The van der Waals surface area contributed by atoms with E-state index in [1.165, 1.54) is 0 Å². The van der Waals surface area contributed by atoms with Gasteiger partial charge in [-0.05, 0) is 56.1 Å². The number of nitrogens with one attached hydrogen (secondary N) is 1. The summed E-state index contributed by atoms with van der Waals surface area (Å²) < 4.78 is 15.0. The van der Waals surface area contributed by atoms with Crippen molar-refractivity contribution in [1.82, 2.24) is 20.1 Å². The molecule has 2 aromatic rings. The molecule has 0 saturated carbocycles. The highest BCUT2D eigenvalue weighted by molar-refractivity contribution is 9.10. The Morgan fingerprint density at radius 1 is 1.26 bits per heavy atom. The number of likely N-dealkylation sites (tertiary alicyclic amines) is 1. The largest absolute Gasteiger partial charge is 0.353 e. The van der Waals surface area contributed by atoms with E-state index in [2.05, 4.69) is 47.9 Å². The third-order valence-electron chi connectivity index (χ3n) is 7.08. The first-order valence-corrected chi connectivity index (χ1v) is 13.4. The Kier molecular flexibility index (Phi) is 8.86. The van der Waals surface area contributed by atoms with Crippen LogP contribution in [-0.2, 0) is 13.1 Å². The number of hydrogen-bond donors (Lipinski definition) is 2. The lowest BCUT2D eigenvalue weighted by Crippen LogP contribution is -2.58. The van der Waals surface area contributed by atoms with Crippen molar-refractivity contribution in [2.45, 2.75) is 51.4 Å². The minimum Gasteiger partial charge on any atom is -0.353 e. The highest BCUT2D eigenvalue weighted by atomic mass is 79.9. The lowest BCUT2D eigenvalue weighted by molar-refractivity contribution is 0.0607. The van der Waals surface area contributed by atoms with E-state index < -0.39 is 6.03 Å². The fourth-order valence-corrected chi connectivity index (χ4v) is 5.84. The maximum Gasteiger partial charge on any atom is 0.312 e. The highest BCUT2D eigenvalue weighted by Gasteiger charge is 2.34. The van der Waals surface area contributed by atoms with E-state index in [1.807, 2.05) is 18.2 Å². The average molecular weight is 568 g/mol. The van der Waals surface area contributed by atoms with Gasteiger partial charge in [0.25, 0.3) is 0 Å². The van der Waals surface area contributed by atoms with Gasteiger partial charge in [0.1, 0.15) is 11.6 Å². The zero-order valence-corrected chi connectivity index (χ0v) is 22.4. The number of hydrogen-bond acceptors (Lipinski definition) is 5. The van der Waals surface area contributed by atoms with Gasteiger partial charge in [-0.1, -0.05) is 40.5 Å². The summed E-state index contributed by atoms with van der Waals surface area (Å²) in [6, 6.07) is 7.56. The van der Waals surface area contributed by atoms with Crippen molar-refractivity contribution in [2.24, 2.45) is 5.73 Å². The van der Waals surface area contributed by atoms with Crippen LogP contribution >= 0.6 is 27.5 Å². The SMILES string of the molecule is CC[C@H]1CN(c2ncc(CNC(N)=O)cc2Cl)CCN1C1CCN(Cc2ccc(Br)cc2F)CC1. The zero-order chi connectivity index (χ0) is 24.9. The predicted molar refractivity (Wildman–Crippen MR) is 141 cm³/mol. The number of urea groups is 1. The number of pyridine rings is 1. The van der Waals surface area contributed by atoms with Crippen LogP contribution in [0.15, 0.2) is 34.9 Å². The highest BCUT2D eigenvalue weighted by Crippen LogP contribution is 2.30. The molecule has 0 unspecified atom stereocenters. The molecule has 3 heterocycles. The molecule has 2 aliphatic heterocycles. The lowest BCUT2D eigenvalue weighted by atomic mass is 9.97. The molecule has 0 radical (unpaired) electrons. The number of piperidine rings is 1. The molecule has 1 atom stereocenters. The average Bonchev–Trinajstić information content (AvgIpc) is 2.84. The molecule has 3 N–H and O–H groups in total. The number of benzene rings is 1. The summed E-state index contributed by atoms with van der Waals surface area (Å²) in [5.41, 5.74) is 6.72. The van der Waals surface area contributed by atoms with Crippen molar-refractivity contribution >= 4 is 39.4 Å². The number of carbonyl (C=O) groups is 1. The molecule has 0 aliphatic carbocycles. The summed E-state index contributed by atoms with van der Waals surface area (Å²) >= 11 is 9.89. The van der Waals surface area contributed by atoms with E-state index in [4.69, 9.17) is 17.3 Å². The van der Waals surface area contributed by atoms with E-state index in [1.54, 1.807) is 12.3 Å². The van der Waals surface area contributed by atoms with E-state index in [-0.39, 0.29) is 5.82 Å². The number of amides is 2. The van der Waals surface area contributed by atoms with Gasteiger partial charge in [-0.2, -0.15) is 0 Å². The van der Waals surface area contributed by atoms with Crippen LogP contribution in [0, 0.1) is 5.82 Å². The van der Waals surface area contributed by atoms with Crippen molar-refractivity contribution in [3.05, 3.63) is 56.9 Å². The molecule has 7 nitrogen and oxygen atoms in total. The summed E-state index contributed by atoms with van der Waals surface area (Å²) in [5, 5.41) is 3.15. The minimum absolute atomic E-state index is 0.145. The van der Waals surface area contributed by atoms with Crippen molar-refractivity contribution < 1.29 is 9.18 Å². The van der Waals surface area contributed by atoms with Gasteiger partial charge in [-0.3, -0.25) is 9.80 Å². The Morgan fingerprint density at radius 2 is 2.03 bits per heavy atom. The summed E-state index contributed by atoms with van der Waals surface area (Å²) in [6.45, 7) is 7.87. The number of piperazine rings is 1. The van der Waals surface area contributed by atoms with Crippen LogP contribution in [0.4, 0.5) is 15.0 Å². The molecule has 2 saturated heterocycles. The molecule has 35 heavy (non-hydrogen) atoms. The van der Waals surface area contributed by atoms with Crippen LogP contribution < -0.4 is 16.0 Å². The number of anilines is 1. The number of nitrogens with two attached hydrogens (primary N) is 1. The number of carbonyl (C=O) groups excluding carboxylic acids is 1. The first-order chi connectivity index (χ1) is 16.8. The Morgan fingerprint density at radius 3 is 2.69 bits per heavy atom. The summed E-state index contributed by atoms with van der Waals surface area (Å²) in [4.78, 5) is 22.8. The van der Waals surface area contributed by atoms with Crippen molar-refractivity contribution in [1.29, 1.82) is 0 Å². The first kappa shape index (κ1) is 26.1. The van der Waals surface area contributed by atoms with Crippen molar-refractivity contribution in [3.63, 3.8) is 0 Å². The van der Waals surface area contributed by atoms with Gasteiger partial charge >= 0.3 is 6.03 Å². The molecule has 4 rings (SSSR count). The molecular weight excluding hydrogens is 535 g/mol. The number of primary amides is 1. The normalized spacial score (nSPS) is 20.2. The zero-order valence-electron chi connectivity index (χ0n) is 20.0. The number of nitrogens with zero attached hydrogens (tertiary/aromatic N) is 4. The molecule has 10 heteroatoms. The van der Waals surface area contributed by atoms with Gasteiger partial charge in [-0.25, -0.2) is 14.2 Å². The fourth-order valence-electron chi connectivity index (χ4n) is 5.19. The van der Waals surface area contributed by atoms with Crippen LogP contribution in [0.1, 0.15) is 37.3 Å². The smallest absolute Gasteiger partial charge is 0.312 e. The predicted octanol–water partition coefficient (Wildman–Crippen LogP) is 4.37. The Labute approximate surface area is 219 Å². The van der Waals surface area contributed by atoms with Gasteiger partial charge in [0.2, 0.25) is 0 Å². The number of rotatable bonds is 7. The summed E-state index contributed by atoms with van der Waals surface area (Å²) in [5.74, 6) is 0.645. The van der Waals surface area contributed by atoms with E-state index in [0.717, 1.165) is 73.4 Å². The maximum absolute atomic E-state index is 14.3. The van der Waals surface area contributed by atoms with E-state index in [0.29, 0.717) is 30.2 Å².